The molecule has 7 heteroatoms. The fourth-order valence-corrected chi connectivity index (χ4v) is 4.48. The van der Waals surface area contributed by atoms with Crippen LogP contribution in [0.4, 0.5) is 11.4 Å². The van der Waals surface area contributed by atoms with Gasteiger partial charge in [-0.15, -0.1) is 11.3 Å². The molecule has 1 aliphatic heterocycles. The Balaban J connectivity index is 1.72. The molecule has 5 nitrogen and oxygen atoms in total. The Hall–Kier alpha value is -2.64. The Kier molecular flexibility index (Phi) is 4.48. The summed E-state index contributed by atoms with van der Waals surface area (Å²) in [6.07, 6.45) is 1.68. The van der Waals surface area contributed by atoms with E-state index in [1.807, 2.05) is 36.6 Å². The van der Waals surface area contributed by atoms with Crippen LogP contribution in [0.25, 0.3) is 0 Å². The molecule has 3 heterocycles. The van der Waals surface area contributed by atoms with Crippen LogP contribution in [0.5, 0.6) is 0 Å². The summed E-state index contributed by atoms with van der Waals surface area (Å²) >= 11 is 2.84. The molecule has 0 bridgehead atoms. The van der Waals surface area contributed by atoms with E-state index in [1.54, 1.807) is 29.3 Å². The summed E-state index contributed by atoms with van der Waals surface area (Å²) in [6.45, 7) is 2.50. The predicted octanol–water partition coefficient (Wildman–Crippen LogP) is 4.53. The summed E-state index contributed by atoms with van der Waals surface area (Å²) in [7, 11) is 0. The van der Waals surface area contributed by atoms with Gasteiger partial charge in [0, 0.05) is 23.3 Å². The third-order valence-electron chi connectivity index (χ3n) is 4.02. The van der Waals surface area contributed by atoms with Crippen LogP contribution in [0.1, 0.15) is 27.0 Å². The van der Waals surface area contributed by atoms with Gasteiger partial charge in [-0.2, -0.15) is 0 Å². The van der Waals surface area contributed by atoms with E-state index >= 15 is 0 Å². The smallest absolute Gasteiger partial charge is 0.265 e. The van der Waals surface area contributed by atoms with Gasteiger partial charge in [-0.3, -0.25) is 9.59 Å². The van der Waals surface area contributed by atoms with Crippen molar-refractivity contribution in [2.24, 2.45) is 0 Å². The number of fused-ring (bicyclic) bond motifs is 2. The highest BCUT2D eigenvalue weighted by molar-refractivity contribution is 7.99. The van der Waals surface area contributed by atoms with Crippen molar-refractivity contribution in [3.8, 4) is 0 Å². The lowest BCUT2D eigenvalue weighted by Gasteiger charge is -2.21. The quantitative estimate of drug-likeness (QED) is 0.724. The summed E-state index contributed by atoms with van der Waals surface area (Å²) in [5.41, 5.74) is 2.12. The lowest BCUT2D eigenvalue weighted by molar-refractivity contribution is 0.0983. The summed E-state index contributed by atoms with van der Waals surface area (Å²) in [4.78, 5) is 32.8. The van der Waals surface area contributed by atoms with Gasteiger partial charge >= 0.3 is 0 Å². The first-order chi connectivity index (χ1) is 12.7. The van der Waals surface area contributed by atoms with E-state index in [4.69, 9.17) is 0 Å². The summed E-state index contributed by atoms with van der Waals surface area (Å²) in [5.74, 6) is -0.197. The fourth-order valence-electron chi connectivity index (χ4n) is 2.80. The molecule has 1 aromatic carbocycles. The average molecular weight is 381 g/mol. The molecule has 4 rings (SSSR count). The molecule has 0 unspecified atom stereocenters. The van der Waals surface area contributed by atoms with Crippen LogP contribution in [-0.2, 0) is 0 Å². The number of pyridine rings is 1. The minimum absolute atomic E-state index is 0.0581. The first-order valence-corrected chi connectivity index (χ1v) is 9.80. The van der Waals surface area contributed by atoms with Crippen molar-refractivity contribution in [1.29, 1.82) is 0 Å². The van der Waals surface area contributed by atoms with Crippen molar-refractivity contribution in [2.75, 3.05) is 16.8 Å². The van der Waals surface area contributed by atoms with E-state index in [2.05, 4.69) is 10.3 Å². The maximum Gasteiger partial charge on any atom is 0.265 e. The van der Waals surface area contributed by atoms with E-state index in [0.29, 0.717) is 27.7 Å². The number of thiophene rings is 1. The lowest BCUT2D eigenvalue weighted by Crippen LogP contribution is -2.30. The van der Waals surface area contributed by atoms with Gasteiger partial charge in [-0.25, -0.2) is 4.98 Å². The molecule has 26 heavy (non-hydrogen) atoms. The SMILES string of the molecule is CCN1C(=O)c2cccnc2Sc2cc(NC(=O)c3cccs3)ccc21. The minimum Gasteiger partial charge on any atom is -0.321 e. The van der Waals surface area contributed by atoms with Gasteiger partial charge in [0.05, 0.1) is 16.1 Å². The zero-order valence-corrected chi connectivity index (χ0v) is 15.6. The van der Waals surface area contributed by atoms with Gasteiger partial charge in [-0.1, -0.05) is 17.8 Å². The van der Waals surface area contributed by atoms with E-state index < -0.39 is 0 Å². The van der Waals surface area contributed by atoms with Crippen LogP contribution < -0.4 is 10.2 Å². The zero-order valence-electron chi connectivity index (χ0n) is 13.9. The minimum atomic E-state index is -0.138. The van der Waals surface area contributed by atoms with E-state index in [9.17, 15) is 9.59 Å². The zero-order chi connectivity index (χ0) is 18.1. The molecular weight excluding hydrogens is 366 g/mol. The number of carbonyl (C=O) groups excluding carboxylic acids is 2. The molecule has 2 amide bonds. The van der Waals surface area contributed by atoms with Crippen molar-refractivity contribution in [3.05, 3.63) is 64.5 Å². The third kappa shape index (κ3) is 3.00. The molecule has 0 saturated heterocycles. The number of anilines is 2. The van der Waals surface area contributed by atoms with Crippen molar-refractivity contribution >= 4 is 46.3 Å². The van der Waals surface area contributed by atoms with E-state index in [-0.39, 0.29) is 11.8 Å². The number of rotatable bonds is 3. The predicted molar refractivity (Wildman–Crippen MR) is 104 cm³/mol. The molecule has 1 aliphatic rings. The molecule has 1 N–H and O–H groups in total. The monoisotopic (exact) mass is 381 g/mol. The lowest BCUT2D eigenvalue weighted by atomic mass is 10.2. The van der Waals surface area contributed by atoms with Gasteiger partial charge in [-0.05, 0) is 48.7 Å². The Bertz CT molecular complexity index is 986. The van der Waals surface area contributed by atoms with Crippen molar-refractivity contribution < 1.29 is 9.59 Å². The van der Waals surface area contributed by atoms with Gasteiger partial charge in [0.1, 0.15) is 5.03 Å². The van der Waals surface area contributed by atoms with Crippen LogP contribution in [0.3, 0.4) is 0 Å². The summed E-state index contributed by atoms with van der Waals surface area (Å²) in [5, 5.41) is 5.46. The van der Waals surface area contributed by atoms with Gasteiger partial charge in [0.15, 0.2) is 0 Å². The Morgan fingerprint density at radius 1 is 1.23 bits per heavy atom. The molecule has 2 aromatic heterocycles. The van der Waals surface area contributed by atoms with Crippen molar-refractivity contribution in [2.45, 2.75) is 16.8 Å². The molecule has 0 aliphatic carbocycles. The fraction of sp³-hybridized carbons (Fsp3) is 0.105. The highest BCUT2D eigenvalue weighted by atomic mass is 32.2. The number of nitrogens with one attached hydrogen (secondary N) is 1. The molecule has 0 radical (unpaired) electrons. The summed E-state index contributed by atoms with van der Waals surface area (Å²) < 4.78 is 0. The van der Waals surface area contributed by atoms with Crippen molar-refractivity contribution in [1.82, 2.24) is 4.98 Å². The Labute approximate surface area is 159 Å². The second-order valence-electron chi connectivity index (χ2n) is 5.62. The molecule has 0 fully saturated rings. The van der Waals surface area contributed by atoms with Gasteiger partial charge < -0.3 is 10.2 Å². The standard InChI is InChI=1S/C19H15N3O2S2/c1-2-22-14-8-7-12(21-17(23)15-6-4-10-25-15)11-16(14)26-18-13(19(22)24)5-3-9-20-18/h3-11H,2H2,1H3,(H,21,23). The number of nitrogens with zero attached hydrogens (tertiary/aromatic N) is 2. The van der Waals surface area contributed by atoms with E-state index in [0.717, 1.165) is 10.6 Å². The molecule has 0 spiro atoms. The molecular formula is C19H15N3O2S2. The average Bonchev–Trinajstić information content (AvgIpc) is 3.15. The maximum atomic E-state index is 12.9. The van der Waals surface area contributed by atoms with Crippen LogP contribution in [0, 0.1) is 0 Å². The van der Waals surface area contributed by atoms with Crippen LogP contribution in [-0.4, -0.2) is 23.3 Å². The highest BCUT2D eigenvalue weighted by Crippen LogP contribution is 2.41. The molecule has 0 atom stereocenters. The topological polar surface area (TPSA) is 62.3 Å². The number of aromatic nitrogens is 1. The second kappa shape index (κ2) is 6.93. The maximum absolute atomic E-state index is 12.9. The third-order valence-corrected chi connectivity index (χ3v) is 5.96. The number of amides is 2. The molecule has 3 aromatic rings. The van der Waals surface area contributed by atoms with Crippen LogP contribution in [0.15, 0.2) is 64.0 Å². The molecule has 130 valence electrons. The first kappa shape index (κ1) is 16.8. The summed E-state index contributed by atoms with van der Waals surface area (Å²) in [6, 6.07) is 12.8. The Morgan fingerprint density at radius 3 is 2.88 bits per heavy atom. The number of benzene rings is 1. The largest absolute Gasteiger partial charge is 0.321 e. The number of hydrogen-bond donors (Lipinski definition) is 1. The molecule has 0 saturated carbocycles. The van der Waals surface area contributed by atoms with Gasteiger partial charge in [0.2, 0.25) is 0 Å². The highest BCUT2D eigenvalue weighted by Gasteiger charge is 2.27. The van der Waals surface area contributed by atoms with Gasteiger partial charge in [0.25, 0.3) is 11.8 Å². The van der Waals surface area contributed by atoms with Crippen LogP contribution in [0.2, 0.25) is 0 Å². The first-order valence-electron chi connectivity index (χ1n) is 8.11. The van der Waals surface area contributed by atoms with Crippen molar-refractivity contribution in [3.63, 3.8) is 0 Å². The second-order valence-corrected chi connectivity index (χ2v) is 7.60. The van der Waals surface area contributed by atoms with E-state index in [1.165, 1.54) is 23.1 Å². The Morgan fingerprint density at radius 2 is 2.12 bits per heavy atom. The van der Waals surface area contributed by atoms with Crippen LogP contribution >= 0.6 is 23.1 Å². The number of hydrogen-bond acceptors (Lipinski definition) is 5. The normalized spacial score (nSPS) is 13.0. The number of carbonyl (C=O) groups is 2.